The highest BCUT2D eigenvalue weighted by Gasteiger charge is 2.12. The summed E-state index contributed by atoms with van der Waals surface area (Å²) in [6.45, 7) is 1.84. The largest absolute Gasteiger partial charge is 0.306 e. The Morgan fingerprint density at radius 3 is 2.68 bits per heavy atom. The fourth-order valence-electron chi connectivity index (χ4n) is 2.08. The summed E-state index contributed by atoms with van der Waals surface area (Å²) >= 11 is 0. The van der Waals surface area contributed by atoms with Crippen LogP contribution in [0.1, 0.15) is 16.1 Å². The molecule has 0 atom stereocenters. The maximum Gasteiger partial charge on any atom is 0.260 e. The molecule has 3 rings (SSSR count). The van der Waals surface area contributed by atoms with Crippen LogP contribution in [0, 0.1) is 6.92 Å². The van der Waals surface area contributed by atoms with Gasteiger partial charge in [-0.15, -0.1) is 0 Å². The Bertz CT molecular complexity index is 816. The number of aromatic nitrogens is 3. The van der Waals surface area contributed by atoms with Crippen molar-refractivity contribution in [1.82, 2.24) is 14.8 Å². The van der Waals surface area contributed by atoms with Gasteiger partial charge in [-0.2, -0.15) is 5.10 Å². The van der Waals surface area contributed by atoms with Gasteiger partial charge >= 0.3 is 0 Å². The third-order valence-electron chi connectivity index (χ3n) is 3.03. The Balaban J connectivity index is 2.37. The van der Waals surface area contributed by atoms with E-state index < -0.39 is 5.56 Å². The van der Waals surface area contributed by atoms with Crippen molar-refractivity contribution < 1.29 is 4.79 Å². The van der Waals surface area contributed by atoms with Crippen LogP contribution in [0.25, 0.3) is 16.7 Å². The number of fused-ring (bicyclic) bond motifs is 1. The number of nitrogens with one attached hydrogen (secondary N) is 1. The number of H-pyrrole nitrogens is 1. The lowest BCUT2D eigenvalue weighted by atomic mass is 10.2. The van der Waals surface area contributed by atoms with Gasteiger partial charge in [-0.3, -0.25) is 9.59 Å². The summed E-state index contributed by atoms with van der Waals surface area (Å²) in [7, 11) is 0. The van der Waals surface area contributed by atoms with Crippen molar-refractivity contribution in [3.63, 3.8) is 0 Å². The number of aromatic amines is 1. The van der Waals surface area contributed by atoms with E-state index in [0.717, 1.165) is 16.8 Å². The van der Waals surface area contributed by atoms with E-state index in [2.05, 4.69) is 10.1 Å². The number of pyridine rings is 1. The van der Waals surface area contributed by atoms with Crippen molar-refractivity contribution in [2.45, 2.75) is 6.92 Å². The first-order valence-electron chi connectivity index (χ1n) is 5.84. The molecule has 0 saturated carbocycles. The van der Waals surface area contributed by atoms with Gasteiger partial charge in [0.2, 0.25) is 0 Å². The third-order valence-corrected chi connectivity index (χ3v) is 3.03. The number of carbonyl (C=O) groups is 1. The van der Waals surface area contributed by atoms with Crippen molar-refractivity contribution in [3.05, 3.63) is 58.0 Å². The summed E-state index contributed by atoms with van der Waals surface area (Å²) in [6.07, 6.45) is 0.553. The number of para-hydroxylation sites is 1. The quantitative estimate of drug-likeness (QED) is 0.708. The molecule has 2 heterocycles. The number of hydrogen-bond acceptors (Lipinski definition) is 3. The van der Waals surface area contributed by atoms with Gasteiger partial charge in [-0.1, -0.05) is 18.2 Å². The van der Waals surface area contributed by atoms with E-state index in [1.165, 1.54) is 0 Å². The minimum Gasteiger partial charge on any atom is -0.306 e. The van der Waals surface area contributed by atoms with Crippen LogP contribution < -0.4 is 5.56 Å². The third kappa shape index (κ3) is 1.76. The number of aryl methyl sites for hydroxylation is 1. The molecule has 1 aromatic carbocycles. The fraction of sp³-hybridized carbons (Fsp3) is 0.0714. The first-order valence-corrected chi connectivity index (χ1v) is 5.84. The average molecular weight is 253 g/mol. The van der Waals surface area contributed by atoms with Gasteiger partial charge in [-0.25, -0.2) is 4.68 Å². The molecule has 0 fully saturated rings. The number of nitrogens with zero attached hydrogens (tertiary/aromatic N) is 2. The topological polar surface area (TPSA) is 67.8 Å². The van der Waals surface area contributed by atoms with Crippen molar-refractivity contribution in [1.29, 1.82) is 0 Å². The first-order chi connectivity index (χ1) is 9.20. The van der Waals surface area contributed by atoms with Crippen LogP contribution in [-0.2, 0) is 0 Å². The minimum atomic E-state index is -0.403. The Kier molecular flexibility index (Phi) is 2.52. The lowest BCUT2D eigenvalue weighted by Gasteiger charge is -2.02. The second-order valence-corrected chi connectivity index (χ2v) is 4.27. The average Bonchev–Trinajstić information content (AvgIpc) is 2.75. The second kappa shape index (κ2) is 4.20. The number of carbonyl (C=O) groups excluding carboxylic acids is 1. The van der Waals surface area contributed by atoms with Gasteiger partial charge < -0.3 is 4.98 Å². The molecule has 0 aliphatic carbocycles. The SMILES string of the molecule is Cc1nn(-c2ccccc2)c2[nH]c(=O)c(C=O)cc12. The maximum atomic E-state index is 11.7. The molecule has 94 valence electrons. The Hall–Kier alpha value is -2.69. The first kappa shape index (κ1) is 11.4. The van der Waals surface area contributed by atoms with Crippen molar-refractivity contribution >= 4 is 17.3 Å². The molecule has 0 bridgehead atoms. The van der Waals surface area contributed by atoms with Crippen LogP contribution >= 0.6 is 0 Å². The molecule has 19 heavy (non-hydrogen) atoms. The molecule has 0 aliphatic rings. The molecule has 0 aliphatic heterocycles. The van der Waals surface area contributed by atoms with Crippen molar-refractivity contribution in [2.24, 2.45) is 0 Å². The van der Waals surface area contributed by atoms with Crippen LogP contribution in [0.15, 0.2) is 41.2 Å². The van der Waals surface area contributed by atoms with Crippen LogP contribution in [0.4, 0.5) is 0 Å². The predicted octanol–water partition coefficient (Wildman–Crippen LogP) is 1.83. The van der Waals surface area contributed by atoms with Crippen molar-refractivity contribution in [3.8, 4) is 5.69 Å². The normalized spacial score (nSPS) is 10.8. The molecular weight excluding hydrogens is 242 g/mol. The van der Waals surface area contributed by atoms with E-state index in [0.29, 0.717) is 11.9 Å². The summed E-state index contributed by atoms with van der Waals surface area (Å²) in [5, 5.41) is 5.18. The maximum absolute atomic E-state index is 11.7. The van der Waals surface area contributed by atoms with E-state index in [1.807, 2.05) is 37.3 Å². The minimum absolute atomic E-state index is 0.114. The summed E-state index contributed by atoms with van der Waals surface area (Å²) in [6, 6.07) is 11.1. The monoisotopic (exact) mass is 253 g/mol. The number of benzene rings is 1. The summed E-state index contributed by atoms with van der Waals surface area (Å²) in [5.74, 6) is 0. The van der Waals surface area contributed by atoms with E-state index in [9.17, 15) is 9.59 Å². The second-order valence-electron chi connectivity index (χ2n) is 4.27. The molecule has 0 saturated heterocycles. The zero-order valence-corrected chi connectivity index (χ0v) is 10.3. The van der Waals surface area contributed by atoms with E-state index in [4.69, 9.17) is 0 Å². The van der Waals surface area contributed by atoms with Crippen LogP contribution in [0.2, 0.25) is 0 Å². The van der Waals surface area contributed by atoms with Crippen LogP contribution in [0.5, 0.6) is 0 Å². The Morgan fingerprint density at radius 2 is 2.00 bits per heavy atom. The molecule has 0 radical (unpaired) electrons. The predicted molar refractivity (Wildman–Crippen MR) is 71.8 cm³/mol. The highest BCUT2D eigenvalue weighted by Crippen LogP contribution is 2.19. The Morgan fingerprint density at radius 1 is 1.26 bits per heavy atom. The molecule has 5 heteroatoms. The Labute approximate surface area is 108 Å². The molecule has 0 spiro atoms. The fourth-order valence-corrected chi connectivity index (χ4v) is 2.08. The summed E-state index contributed by atoms with van der Waals surface area (Å²) in [4.78, 5) is 25.3. The standard InChI is InChI=1S/C14H11N3O2/c1-9-12-7-10(8-18)14(19)15-13(12)17(16-9)11-5-3-2-4-6-11/h2-8H,1H3,(H,15,19). The van der Waals surface area contributed by atoms with Gasteiger partial charge in [0, 0.05) is 5.39 Å². The number of aldehydes is 1. The number of rotatable bonds is 2. The lowest BCUT2D eigenvalue weighted by molar-refractivity contribution is 0.112. The van der Waals surface area contributed by atoms with E-state index in [1.54, 1.807) is 10.7 Å². The summed E-state index contributed by atoms with van der Waals surface area (Å²) in [5.41, 5.74) is 1.93. The van der Waals surface area contributed by atoms with Crippen LogP contribution in [0.3, 0.4) is 0 Å². The lowest BCUT2D eigenvalue weighted by Crippen LogP contribution is -2.12. The van der Waals surface area contributed by atoms with Crippen LogP contribution in [-0.4, -0.2) is 21.1 Å². The molecule has 0 amide bonds. The molecule has 1 N–H and O–H groups in total. The highest BCUT2D eigenvalue weighted by atomic mass is 16.1. The van der Waals surface area contributed by atoms with Gasteiger partial charge in [0.15, 0.2) is 6.29 Å². The van der Waals surface area contributed by atoms with Gasteiger partial charge in [0.05, 0.1) is 16.9 Å². The highest BCUT2D eigenvalue weighted by molar-refractivity contribution is 5.86. The molecular formula is C14H11N3O2. The molecule has 2 aromatic heterocycles. The molecule has 3 aromatic rings. The van der Waals surface area contributed by atoms with E-state index in [-0.39, 0.29) is 5.56 Å². The van der Waals surface area contributed by atoms with Gasteiger partial charge in [0.1, 0.15) is 5.65 Å². The molecule has 5 nitrogen and oxygen atoms in total. The molecule has 0 unspecified atom stereocenters. The summed E-state index contributed by atoms with van der Waals surface area (Å²) < 4.78 is 1.67. The zero-order valence-electron chi connectivity index (χ0n) is 10.3. The number of hydrogen-bond donors (Lipinski definition) is 1. The van der Waals surface area contributed by atoms with Crippen molar-refractivity contribution in [2.75, 3.05) is 0 Å². The van der Waals surface area contributed by atoms with Gasteiger partial charge in [-0.05, 0) is 25.1 Å². The van der Waals surface area contributed by atoms with E-state index >= 15 is 0 Å². The smallest absolute Gasteiger partial charge is 0.260 e. The van der Waals surface area contributed by atoms with Gasteiger partial charge in [0.25, 0.3) is 5.56 Å². The zero-order chi connectivity index (χ0) is 13.4.